The molecule has 2 aliphatic rings. The third-order valence-electron chi connectivity index (χ3n) is 5.75. The van der Waals surface area contributed by atoms with Crippen LogP contribution in [0.15, 0.2) is 23.7 Å². The molecule has 0 radical (unpaired) electrons. The summed E-state index contributed by atoms with van der Waals surface area (Å²) in [6.45, 7) is 0.615. The summed E-state index contributed by atoms with van der Waals surface area (Å²) in [5.41, 5.74) is 4.33. The molecule has 2 aromatic rings. The number of H-pyrrole nitrogens is 1. The Morgan fingerprint density at radius 3 is 2.96 bits per heavy atom. The molecule has 4 rings (SSSR count). The van der Waals surface area contributed by atoms with E-state index in [-0.39, 0.29) is 11.8 Å². The van der Waals surface area contributed by atoms with Gasteiger partial charge < -0.3 is 10.4 Å². The Morgan fingerprint density at radius 1 is 1.32 bits per heavy atom. The third kappa shape index (κ3) is 2.44. The van der Waals surface area contributed by atoms with Crippen LogP contribution >= 0.6 is 0 Å². The van der Waals surface area contributed by atoms with Crippen molar-refractivity contribution in [3.8, 4) is 12.1 Å². The van der Waals surface area contributed by atoms with Crippen molar-refractivity contribution in [1.82, 2.24) is 20.4 Å². The molecule has 2 aromatic heterocycles. The maximum Gasteiger partial charge on any atom is 0.140 e. The van der Waals surface area contributed by atoms with Crippen LogP contribution in [0.2, 0.25) is 0 Å². The minimum Gasteiger partial charge on any atom is -0.346 e. The minimum absolute atomic E-state index is 0.0719. The van der Waals surface area contributed by atoms with Gasteiger partial charge in [-0.25, -0.2) is 9.97 Å². The number of aromatic amines is 1. The number of nitrogens with one attached hydrogen (secondary N) is 2. The fraction of sp³-hybridized carbons (Fsp3) is 0.500. The Hall–Kier alpha value is -2.93. The van der Waals surface area contributed by atoms with Crippen LogP contribution in [0.3, 0.4) is 0 Å². The molecule has 4 unspecified atom stereocenters. The summed E-state index contributed by atoms with van der Waals surface area (Å²) in [7, 11) is 0. The number of hydrogen-bond acceptors (Lipinski definition) is 6. The highest BCUT2D eigenvalue weighted by Gasteiger charge is 2.48. The van der Waals surface area contributed by atoms with Crippen LogP contribution < -0.4 is 5.43 Å². The Morgan fingerprint density at radius 2 is 2.24 bits per heavy atom. The molecular weight excluding hydrogens is 314 g/mol. The number of fused-ring (bicyclic) bond motifs is 1. The number of hydrazone groups is 1. The molecule has 1 aliphatic heterocycles. The maximum absolute atomic E-state index is 9.50. The summed E-state index contributed by atoms with van der Waals surface area (Å²) in [6.07, 6.45) is 8.50. The lowest BCUT2D eigenvalue weighted by molar-refractivity contribution is 0.247. The summed E-state index contributed by atoms with van der Waals surface area (Å²) >= 11 is 0. The lowest BCUT2D eigenvalue weighted by Gasteiger charge is -2.37. The summed E-state index contributed by atoms with van der Waals surface area (Å²) in [6, 6.07) is 6.74. The molecule has 25 heavy (non-hydrogen) atoms. The number of hydrogen-bond donors (Lipinski definition) is 2. The Balaban J connectivity index is 1.82. The molecule has 7 heteroatoms. The highest BCUT2D eigenvalue weighted by molar-refractivity contribution is 5.86. The van der Waals surface area contributed by atoms with E-state index >= 15 is 0 Å². The van der Waals surface area contributed by atoms with Gasteiger partial charge in [0.1, 0.15) is 12.0 Å². The van der Waals surface area contributed by atoms with Crippen LogP contribution in [0, 0.1) is 40.4 Å². The lowest BCUT2D eigenvalue weighted by atomic mass is 9.65. The summed E-state index contributed by atoms with van der Waals surface area (Å²) in [5.74, 6) is 0.481. The third-order valence-corrected chi connectivity index (χ3v) is 5.75. The van der Waals surface area contributed by atoms with Crippen LogP contribution in [0.5, 0.6) is 0 Å². The zero-order valence-electron chi connectivity index (χ0n) is 13.8. The van der Waals surface area contributed by atoms with Gasteiger partial charge in [0, 0.05) is 36.7 Å². The molecule has 1 saturated carbocycles. The van der Waals surface area contributed by atoms with E-state index in [1.165, 1.54) is 0 Å². The van der Waals surface area contributed by atoms with Crippen molar-refractivity contribution in [3.05, 3.63) is 24.3 Å². The van der Waals surface area contributed by atoms with Gasteiger partial charge in [-0.1, -0.05) is 0 Å². The van der Waals surface area contributed by atoms with Crippen molar-refractivity contribution >= 4 is 17.2 Å². The normalized spacial score (nSPS) is 29.2. The Kier molecular flexibility index (Phi) is 3.85. The van der Waals surface area contributed by atoms with E-state index in [1.807, 2.05) is 18.5 Å². The van der Waals surface area contributed by atoms with Crippen LogP contribution in [0.25, 0.3) is 11.0 Å². The maximum atomic E-state index is 9.50. The predicted octanol–water partition coefficient (Wildman–Crippen LogP) is 2.25. The second-order valence-electron chi connectivity index (χ2n) is 6.96. The first-order chi connectivity index (χ1) is 12.3. The second kappa shape index (κ2) is 6.18. The quantitative estimate of drug-likeness (QED) is 0.891. The van der Waals surface area contributed by atoms with E-state index in [9.17, 15) is 10.5 Å². The smallest absolute Gasteiger partial charge is 0.140 e. The van der Waals surface area contributed by atoms with Gasteiger partial charge in [-0.3, -0.25) is 0 Å². The first kappa shape index (κ1) is 15.6. The van der Waals surface area contributed by atoms with Crippen LogP contribution in [-0.4, -0.2) is 27.7 Å². The lowest BCUT2D eigenvalue weighted by Crippen LogP contribution is -2.44. The molecule has 4 atom stereocenters. The van der Waals surface area contributed by atoms with Crippen molar-refractivity contribution in [1.29, 1.82) is 10.5 Å². The molecule has 3 heterocycles. The van der Waals surface area contributed by atoms with Crippen molar-refractivity contribution in [2.75, 3.05) is 6.54 Å². The van der Waals surface area contributed by atoms with Gasteiger partial charge in [-0.05, 0) is 37.2 Å². The number of nitriles is 2. The van der Waals surface area contributed by atoms with E-state index < -0.39 is 5.41 Å². The first-order valence-electron chi connectivity index (χ1n) is 8.60. The van der Waals surface area contributed by atoms with Crippen molar-refractivity contribution < 1.29 is 0 Å². The zero-order chi connectivity index (χ0) is 17.3. The molecule has 1 aliphatic carbocycles. The van der Waals surface area contributed by atoms with Crippen molar-refractivity contribution in [2.45, 2.75) is 31.1 Å². The SMILES string of the molecule is N#CCC(C1CCC(C#N)C1)C1(c2ncnc3[nH]ccc23)C=NNC1. The molecule has 126 valence electrons. The van der Waals surface area contributed by atoms with Crippen LogP contribution in [0.4, 0.5) is 0 Å². The van der Waals surface area contributed by atoms with Gasteiger partial charge in [-0.15, -0.1) is 0 Å². The van der Waals surface area contributed by atoms with Gasteiger partial charge in [0.2, 0.25) is 0 Å². The van der Waals surface area contributed by atoms with Gasteiger partial charge >= 0.3 is 0 Å². The summed E-state index contributed by atoms with van der Waals surface area (Å²) in [4.78, 5) is 12.0. The Labute approximate surface area is 145 Å². The topological polar surface area (TPSA) is 114 Å². The molecule has 0 saturated heterocycles. The van der Waals surface area contributed by atoms with Crippen molar-refractivity contribution in [2.24, 2.45) is 22.9 Å². The molecule has 0 amide bonds. The number of aromatic nitrogens is 3. The molecular formula is C18H19N7. The van der Waals surface area contributed by atoms with E-state index in [0.29, 0.717) is 18.9 Å². The molecule has 0 aromatic carbocycles. The molecule has 1 fully saturated rings. The molecule has 0 bridgehead atoms. The van der Waals surface area contributed by atoms with Gasteiger partial charge in [0.05, 0.1) is 23.2 Å². The van der Waals surface area contributed by atoms with Crippen LogP contribution in [0.1, 0.15) is 31.4 Å². The van der Waals surface area contributed by atoms with Crippen LogP contribution in [-0.2, 0) is 5.41 Å². The highest BCUT2D eigenvalue weighted by Crippen LogP contribution is 2.47. The summed E-state index contributed by atoms with van der Waals surface area (Å²) in [5, 5.41) is 24.0. The van der Waals surface area contributed by atoms with Gasteiger partial charge in [0.25, 0.3) is 0 Å². The molecule has 7 nitrogen and oxygen atoms in total. The highest BCUT2D eigenvalue weighted by atomic mass is 15.3. The van der Waals surface area contributed by atoms with Crippen molar-refractivity contribution in [3.63, 3.8) is 0 Å². The first-order valence-corrected chi connectivity index (χ1v) is 8.60. The standard InChI is InChI=1S/C18H19N7/c19-5-3-15(13-2-1-12(7-13)8-20)18(9-24-25-10-18)16-14-4-6-21-17(14)23-11-22-16/h4,6,9,11-13,15,25H,1-3,7,10H2,(H,21,22,23). The molecule has 2 N–H and O–H groups in total. The number of rotatable bonds is 4. The fourth-order valence-corrected chi connectivity index (χ4v) is 4.54. The minimum atomic E-state index is -0.450. The largest absolute Gasteiger partial charge is 0.346 e. The van der Waals surface area contributed by atoms with Gasteiger partial charge in [0.15, 0.2) is 0 Å². The number of nitrogens with zero attached hydrogens (tertiary/aromatic N) is 5. The molecule has 0 spiro atoms. The van der Waals surface area contributed by atoms with E-state index in [0.717, 1.165) is 36.0 Å². The monoisotopic (exact) mass is 333 g/mol. The summed E-state index contributed by atoms with van der Waals surface area (Å²) < 4.78 is 0. The van der Waals surface area contributed by atoms with E-state index in [1.54, 1.807) is 6.33 Å². The average molecular weight is 333 g/mol. The van der Waals surface area contributed by atoms with E-state index in [2.05, 4.69) is 37.6 Å². The van der Waals surface area contributed by atoms with Gasteiger partial charge in [-0.2, -0.15) is 15.6 Å². The average Bonchev–Trinajstić information content (AvgIpc) is 3.39. The predicted molar refractivity (Wildman–Crippen MR) is 92.2 cm³/mol. The second-order valence-corrected chi connectivity index (χ2v) is 6.96. The Bertz CT molecular complexity index is 887. The van der Waals surface area contributed by atoms with E-state index in [4.69, 9.17) is 0 Å². The zero-order valence-corrected chi connectivity index (χ0v) is 13.8. The fourth-order valence-electron chi connectivity index (χ4n) is 4.54.